The summed E-state index contributed by atoms with van der Waals surface area (Å²) >= 11 is 0. The zero-order chi connectivity index (χ0) is 33.9. The van der Waals surface area contributed by atoms with E-state index < -0.39 is 31.5 Å². The van der Waals surface area contributed by atoms with Crippen molar-refractivity contribution in [2.45, 2.75) is 58.2 Å². The first kappa shape index (κ1) is 35.2. The number of fused-ring (bicyclic) bond motifs is 1. The van der Waals surface area contributed by atoms with E-state index in [0.717, 1.165) is 24.0 Å². The molecule has 0 amide bonds. The molecule has 0 spiro atoms. The summed E-state index contributed by atoms with van der Waals surface area (Å²) in [5.41, 5.74) is 2.26. The van der Waals surface area contributed by atoms with E-state index in [1.54, 1.807) is 20.2 Å². The molecule has 48 heavy (non-hydrogen) atoms. The van der Waals surface area contributed by atoms with Crippen LogP contribution in [0.25, 0.3) is 11.2 Å². The van der Waals surface area contributed by atoms with E-state index in [2.05, 4.69) is 30.0 Å². The molecule has 1 aliphatic rings. The van der Waals surface area contributed by atoms with Crippen LogP contribution in [-0.2, 0) is 43.0 Å². The molecule has 1 unspecified atom stereocenters. The first-order valence-electron chi connectivity index (χ1n) is 16.4. The van der Waals surface area contributed by atoms with Crippen LogP contribution in [-0.4, -0.2) is 81.0 Å². The van der Waals surface area contributed by atoms with Gasteiger partial charge in [-0.05, 0) is 63.1 Å². The molecule has 4 aromatic rings. The second kappa shape index (κ2) is 16.8. The number of carbonyl (C=O) groups excluding carboxylic acids is 2. The maximum atomic E-state index is 15.2. The molecule has 1 aliphatic heterocycles. The first-order chi connectivity index (χ1) is 23.3. The van der Waals surface area contributed by atoms with Crippen LogP contribution in [0.15, 0.2) is 78.1 Å². The van der Waals surface area contributed by atoms with Gasteiger partial charge in [0.05, 0.1) is 32.2 Å². The molecule has 0 bridgehead atoms. The van der Waals surface area contributed by atoms with Gasteiger partial charge in [0.1, 0.15) is 12.1 Å². The second-order valence-corrected chi connectivity index (χ2v) is 14.3. The van der Waals surface area contributed by atoms with Crippen molar-refractivity contribution in [3.8, 4) is 0 Å². The van der Waals surface area contributed by atoms with Crippen molar-refractivity contribution in [3.63, 3.8) is 0 Å². The molecule has 5 rings (SSSR count). The molecule has 0 radical (unpaired) electrons. The molecule has 13 nitrogen and oxygen atoms in total. The van der Waals surface area contributed by atoms with Gasteiger partial charge in [0.15, 0.2) is 11.2 Å². The average Bonchev–Trinajstić information content (AvgIpc) is 3.49. The van der Waals surface area contributed by atoms with E-state index >= 15 is 4.57 Å². The highest BCUT2D eigenvalue weighted by Gasteiger charge is 2.38. The third-order valence-corrected chi connectivity index (χ3v) is 10.6. The number of aromatic amines is 1. The van der Waals surface area contributed by atoms with Crippen molar-refractivity contribution in [1.82, 2.24) is 34.6 Å². The fourth-order valence-corrected chi connectivity index (χ4v) is 8.64. The standard InChI is InChI=1S/C34H44N7O6P/c1-3-46-33(43)28(18-25-12-7-5-8-13-25)38-48(45,39-29(34(44)47-4-2)19-26-14-9-6-10-15-26)24-40-17-11-16-27(20-40)21-41-23-37-30-31(41)35-22-36-32(30)42/h5-10,12-15,22-23,27-29H,3-4,11,16-21,24H2,1-2H3,(H,35,36,42)(H2,38,39,45)/t27?,28-,29-/m0/s1. The van der Waals surface area contributed by atoms with Crippen LogP contribution >= 0.6 is 7.44 Å². The topological polar surface area (TPSA) is 161 Å². The third-order valence-electron chi connectivity index (χ3n) is 8.30. The van der Waals surface area contributed by atoms with Crippen LogP contribution in [0, 0.1) is 5.92 Å². The quantitative estimate of drug-likeness (QED) is 0.118. The van der Waals surface area contributed by atoms with Gasteiger partial charge in [-0.2, -0.15) is 0 Å². The first-order valence-corrected chi connectivity index (χ1v) is 18.3. The predicted octanol–water partition coefficient (Wildman–Crippen LogP) is 3.51. The minimum absolute atomic E-state index is 0.0570. The summed E-state index contributed by atoms with van der Waals surface area (Å²) in [6, 6.07) is 17.1. The summed E-state index contributed by atoms with van der Waals surface area (Å²) in [6.45, 7) is 5.65. The summed E-state index contributed by atoms with van der Waals surface area (Å²) in [5.74, 6) is -0.892. The Kier molecular flexibility index (Phi) is 12.3. The molecule has 14 heteroatoms. The average molecular weight is 678 g/mol. The normalized spacial score (nSPS) is 16.8. The maximum absolute atomic E-state index is 15.2. The predicted molar refractivity (Wildman–Crippen MR) is 182 cm³/mol. The molecule has 0 saturated carbocycles. The molecular formula is C34H44N7O6P. The van der Waals surface area contributed by atoms with Crippen molar-refractivity contribution in [2.24, 2.45) is 5.92 Å². The lowest BCUT2D eigenvalue weighted by Crippen LogP contribution is -2.49. The summed E-state index contributed by atoms with van der Waals surface area (Å²) in [7, 11) is -3.72. The number of rotatable bonds is 16. The van der Waals surface area contributed by atoms with E-state index in [1.165, 1.54) is 6.33 Å². The number of piperidine rings is 1. The van der Waals surface area contributed by atoms with Crippen LogP contribution in [0.2, 0.25) is 0 Å². The van der Waals surface area contributed by atoms with Crippen molar-refractivity contribution in [1.29, 1.82) is 0 Å². The third kappa shape index (κ3) is 9.47. The number of carbonyl (C=O) groups is 2. The zero-order valence-electron chi connectivity index (χ0n) is 27.4. The van der Waals surface area contributed by atoms with Gasteiger partial charge in [-0.1, -0.05) is 60.7 Å². The van der Waals surface area contributed by atoms with E-state index in [1.807, 2.05) is 65.2 Å². The fourth-order valence-electron chi connectivity index (χ4n) is 6.18. The van der Waals surface area contributed by atoms with Gasteiger partial charge >= 0.3 is 11.9 Å². The molecule has 3 atom stereocenters. The molecule has 2 aromatic heterocycles. The number of ether oxygens (including phenoxy) is 2. The maximum Gasteiger partial charge on any atom is 0.323 e. The molecule has 1 saturated heterocycles. The van der Waals surface area contributed by atoms with Gasteiger partial charge in [-0.25, -0.2) is 20.1 Å². The van der Waals surface area contributed by atoms with Crippen molar-refractivity contribution >= 4 is 30.5 Å². The molecule has 1 fully saturated rings. The van der Waals surface area contributed by atoms with E-state index in [0.29, 0.717) is 25.3 Å². The van der Waals surface area contributed by atoms with Crippen LogP contribution in [0.4, 0.5) is 0 Å². The molecule has 0 aliphatic carbocycles. The number of imidazole rings is 1. The Hall–Kier alpha value is -4.16. The van der Waals surface area contributed by atoms with Crippen molar-refractivity contribution < 1.29 is 23.6 Å². The number of hydrogen-bond acceptors (Lipinski definition) is 9. The van der Waals surface area contributed by atoms with E-state index in [-0.39, 0.29) is 49.3 Å². The van der Waals surface area contributed by atoms with Crippen molar-refractivity contribution in [3.05, 3.63) is 94.8 Å². The summed E-state index contributed by atoms with van der Waals surface area (Å²) in [6.07, 6.45) is 5.31. The van der Waals surface area contributed by atoms with Gasteiger partial charge in [0.25, 0.3) is 5.56 Å². The summed E-state index contributed by atoms with van der Waals surface area (Å²) < 4.78 is 27.9. The summed E-state index contributed by atoms with van der Waals surface area (Å²) in [4.78, 5) is 52.0. The smallest absolute Gasteiger partial charge is 0.323 e. The summed E-state index contributed by atoms with van der Waals surface area (Å²) in [5, 5.41) is 6.34. The number of nitrogens with zero attached hydrogens (tertiary/aromatic N) is 4. The highest BCUT2D eigenvalue weighted by atomic mass is 31.2. The Morgan fingerprint density at radius 3 is 2.08 bits per heavy atom. The highest BCUT2D eigenvalue weighted by molar-refractivity contribution is 7.59. The number of hydrogen-bond donors (Lipinski definition) is 3. The Morgan fingerprint density at radius 2 is 1.52 bits per heavy atom. The molecule has 3 N–H and O–H groups in total. The SMILES string of the molecule is CCOC(=O)[C@H](Cc1ccccc1)NP(=O)(CN1CCCC(Cn2cnc3c(=O)[nH]cnc32)C1)N[C@@H](Cc1ccccc1)C(=O)OCC. The van der Waals surface area contributed by atoms with Crippen LogP contribution in [0.3, 0.4) is 0 Å². The van der Waals surface area contributed by atoms with Gasteiger partial charge in [0, 0.05) is 13.1 Å². The largest absolute Gasteiger partial charge is 0.465 e. The molecule has 256 valence electrons. The minimum Gasteiger partial charge on any atom is -0.465 e. The fraction of sp³-hybridized carbons (Fsp3) is 0.441. The van der Waals surface area contributed by atoms with Crippen molar-refractivity contribution in [2.75, 3.05) is 32.6 Å². The van der Waals surface area contributed by atoms with Gasteiger partial charge in [-0.15, -0.1) is 0 Å². The number of nitrogens with one attached hydrogen (secondary N) is 3. The molecule has 3 heterocycles. The molecular weight excluding hydrogens is 633 g/mol. The van der Waals surface area contributed by atoms with Gasteiger partial charge in [-0.3, -0.25) is 23.8 Å². The number of esters is 2. The van der Waals surface area contributed by atoms with E-state index in [9.17, 15) is 14.4 Å². The van der Waals surface area contributed by atoms with Crippen LogP contribution in [0.1, 0.15) is 37.8 Å². The molecule has 2 aromatic carbocycles. The minimum atomic E-state index is -3.72. The number of H-pyrrole nitrogens is 1. The second-order valence-electron chi connectivity index (χ2n) is 12.0. The van der Waals surface area contributed by atoms with Crippen LogP contribution in [0.5, 0.6) is 0 Å². The van der Waals surface area contributed by atoms with Gasteiger partial charge in [0.2, 0.25) is 7.44 Å². The zero-order valence-corrected chi connectivity index (χ0v) is 28.3. The Bertz CT molecular complexity index is 1680. The Balaban J connectivity index is 1.41. The Labute approximate surface area is 279 Å². The lowest BCUT2D eigenvalue weighted by Gasteiger charge is -2.37. The Morgan fingerprint density at radius 1 is 0.938 bits per heavy atom. The number of likely N-dealkylation sites (tertiary alicyclic amines) is 1. The number of benzene rings is 2. The van der Waals surface area contributed by atoms with Crippen LogP contribution < -0.4 is 15.7 Å². The lowest BCUT2D eigenvalue weighted by atomic mass is 9.98. The lowest BCUT2D eigenvalue weighted by molar-refractivity contribution is -0.145. The van der Waals surface area contributed by atoms with Gasteiger partial charge < -0.3 is 19.0 Å². The number of aromatic nitrogens is 4. The van der Waals surface area contributed by atoms with E-state index in [4.69, 9.17) is 9.47 Å². The highest BCUT2D eigenvalue weighted by Crippen LogP contribution is 2.41. The monoisotopic (exact) mass is 677 g/mol.